The van der Waals surface area contributed by atoms with Gasteiger partial charge in [0.25, 0.3) is 5.01 Å². The van der Waals surface area contributed by atoms with Crippen LogP contribution in [0.15, 0.2) is 48.5 Å². The maximum Gasteiger partial charge on any atom is 0.262 e. The third kappa shape index (κ3) is 6.06. The van der Waals surface area contributed by atoms with Gasteiger partial charge in [0, 0.05) is 31.9 Å². The van der Waals surface area contributed by atoms with E-state index < -0.39 is 10.2 Å². The first-order valence-electron chi connectivity index (χ1n) is 7.60. The lowest BCUT2D eigenvalue weighted by molar-refractivity contribution is -2.00. The second-order valence-corrected chi connectivity index (χ2v) is 7.48. The van der Waals surface area contributed by atoms with Crippen LogP contribution in [0.4, 0.5) is 5.69 Å². The summed E-state index contributed by atoms with van der Waals surface area (Å²) in [6.45, 7) is 0. The quantitative estimate of drug-likeness (QED) is 0.542. The average molecular weight is 395 g/mol. The van der Waals surface area contributed by atoms with Crippen molar-refractivity contribution in [2.45, 2.75) is 0 Å². The summed E-state index contributed by atoms with van der Waals surface area (Å²) < 4.78 is 37.5. The van der Waals surface area contributed by atoms with Crippen molar-refractivity contribution in [3.63, 3.8) is 0 Å². The van der Waals surface area contributed by atoms with Crippen molar-refractivity contribution in [2.75, 3.05) is 19.0 Å². The van der Waals surface area contributed by atoms with Crippen LogP contribution in [-0.4, -0.2) is 14.1 Å². The van der Waals surface area contributed by atoms with Gasteiger partial charge in [0.1, 0.15) is 11.7 Å². The maximum atomic E-state index is 8.49. The number of aromatic nitrogens is 1. The molecule has 26 heavy (non-hydrogen) atoms. The minimum Gasteiger partial charge on any atom is -0.378 e. The number of thiazole rings is 1. The summed E-state index contributed by atoms with van der Waals surface area (Å²) in [5, 5.41) is 1.26. The Morgan fingerprint density at radius 1 is 0.923 bits per heavy atom. The van der Waals surface area contributed by atoms with Gasteiger partial charge in [-0.05, 0) is 29.8 Å². The Hall–Kier alpha value is -2.00. The van der Waals surface area contributed by atoms with Gasteiger partial charge in [0.05, 0.1) is 0 Å². The number of para-hydroxylation sites is 1. The number of nitrogens with zero attached hydrogens (tertiary/aromatic N) is 2. The molecule has 0 saturated heterocycles. The van der Waals surface area contributed by atoms with E-state index in [0.29, 0.717) is 0 Å². The van der Waals surface area contributed by atoms with Gasteiger partial charge in [0.2, 0.25) is 5.52 Å². The van der Waals surface area contributed by atoms with Crippen molar-refractivity contribution in [2.24, 2.45) is 7.05 Å². The number of anilines is 1. The molecule has 0 spiro atoms. The Balaban J connectivity index is 0.000000431. The van der Waals surface area contributed by atoms with Gasteiger partial charge in [-0.3, -0.25) is 0 Å². The number of hydrogen-bond donors (Lipinski definition) is 0. The van der Waals surface area contributed by atoms with E-state index >= 15 is 0 Å². The van der Waals surface area contributed by atoms with E-state index in [9.17, 15) is 0 Å². The molecule has 138 valence electrons. The molecule has 0 radical (unpaired) electrons. The first-order chi connectivity index (χ1) is 12.1. The molecule has 6 nitrogen and oxygen atoms in total. The van der Waals surface area contributed by atoms with Crippen LogP contribution < -0.4 is 28.1 Å². The molecule has 0 aliphatic carbocycles. The average Bonchev–Trinajstić information content (AvgIpc) is 2.88. The van der Waals surface area contributed by atoms with Crippen LogP contribution in [0.3, 0.4) is 0 Å². The summed E-state index contributed by atoms with van der Waals surface area (Å²) in [7, 11) is 1.29. The Bertz CT molecular complexity index is 880. The smallest absolute Gasteiger partial charge is 0.262 e. The zero-order valence-corrected chi connectivity index (χ0v) is 16.2. The normalized spacial score (nSPS) is 11.5. The van der Waals surface area contributed by atoms with Gasteiger partial charge in [0.15, 0.2) is 0 Å². The van der Waals surface area contributed by atoms with Crippen molar-refractivity contribution in [3.05, 3.63) is 59.1 Å². The predicted molar refractivity (Wildman–Crippen MR) is 92.7 cm³/mol. The third-order valence-corrected chi connectivity index (χ3v) is 4.78. The van der Waals surface area contributed by atoms with Crippen molar-refractivity contribution in [3.8, 4) is 0 Å². The molecule has 1 heterocycles. The van der Waals surface area contributed by atoms with E-state index in [-0.39, 0.29) is 0 Å². The molecular formula is C18H19ClN2O4S. The fourth-order valence-corrected chi connectivity index (χ4v) is 3.37. The number of fused-ring (bicyclic) bond motifs is 1. The Morgan fingerprint density at radius 2 is 1.50 bits per heavy atom. The molecule has 0 unspecified atom stereocenters. The molecule has 0 aliphatic heterocycles. The lowest BCUT2D eigenvalue weighted by Gasteiger charge is -2.17. The number of benzene rings is 2. The lowest BCUT2D eigenvalue weighted by Crippen LogP contribution is -2.68. The highest BCUT2D eigenvalue weighted by Gasteiger charge is 2.13. The molecule has 0 aliphatic rings. The number of aryl methyl sites for hydroxylation is 1. The molecule has 0 N–H and O–H groups in total. The second-order valence-electron chi connectivity index (χ2n) is 5.66. The van der Waals surface area contributed by atoms with Crippen molar-refractivity contribution >= 4 is 39.4 Å². The first-order valence-corrected chi connectivity index (χ1v) is 9.65. The molecular weight excluding hydrogens is 376 g/mol. The number of rotatable bonds is 3. The first kappa shape index (κ1) is 20.3. The van der Waals surface area contributed by atoms with E-state index in [1.54, 1.807) is 0 Å². The van der Waals surface area contributed by atoms with E-state index in [0.717, 1.165) is 0 Å². The van der Waals surface area contributed by atoms with Crippen LogP contribution in [0.25, 0.3) is 22.4 Å². The van der Waals surface area contributed by atoms with Crippen LogP contribution in [-0.2, 0) is 7.05 Å². The number of hydrogen-bond acceptors (Lipinski definition) is 6. The van der Waals surface area contributed by atoms with Crippen molar-refractivity contribution in [1.29, 1.82) is 0 Å². The Labute approximate surface area is 158 Å². The molecule has 0 atom stereocenters. The van der Waals surface area contributed by atoms with Crippen molar-refractivity contribution in [1.82, 2.24) is 0 Å². The standard InChI is InChI=1S/C18H19N2S.ClHO4/c1-19(2)15-11-8-14(9-12-15)10-13-18-20(3)16-6-4-5-7-17(16)21-18;2-1(3,4)5/h4-13H,1-3H3;(H,2,3,4,5)/q+1;/p-1. The second kappa shape index (κ2) is 8.59. The van der Waals surface area contributed by atoms with Crippen molar-refractivity contribution < 1.29 is 33.4 Å². The van der Waals surface area contributed by atoms with Gasteiger partial charge < -0.3 is 4.90 Å². The molecule has 8 heteroatoms. The fourth-order valence-electron chi connectivity index (χ4n) is 2.32. The molecule has 0 saturated carbocycles. The lowest BCUT2D eigenvalue weighted by atomic mass is 10.2. The molecule has 1 aromatic heterocycles. The van der Waals surface area contributed by atoms with Gasteiger partial charge >= 0.3 is 0 Å². The molecule has 0 bridgehead atoms. The highest BCUT2D eigenvalue weighted by atomic mass is 35.7. The minimum absolute atomic E-state index is 1.22. The van der Waals surface area contributed by atoms with Crippen LogP contribution in [0.1, 0.15) is 10.6 Å². The molecule has 3 rings (SSSR count). The van der Waals surface area contributed by atoms with Crippen LogP contribution >= 0.6 is 11.3 Å². The Morgan fingerprint density at radius 3 is 2.04 bits per heavy atom. The van der Waals surface area contributed by atoms with E-state index in [4.69, 9.17) is 18.6 Å². The van der Waals surface area contributed by atoms with E-state index in [1.165, 1.54) is 26.5 Å². The molecule has 0 fully saturated rings. The Kier molecular flexibility index (Phi) is 6.71. The summed E-state index contributed by atoms with van der Waals surface area (Å²) >= 11 is 1.82. The summed E-state index contributed by atoms with van der Waals surface area (Å²) in [5.41, 5.74) is 3.72. The predicted octanol–water partition coefficient (Wildman–Crippen LogP) is -0.794. The summed E-state index contributed by atoms with van der Waals surface area (Å²) in [5.74, 6) is 0. The summed E-state index contributed by atoms with van der Waals surface area (Å²) in [6.07, 6.45) is 4.36. The van der Waals surface area contributed by atoms with E-state index in [1.807, 2.05) is 11.3 Å². The monoisotopic (exact) mass is 394 g/mol. The van der Waals surface area contributed by atoms with Gasteiger partial charge in [-0.25, -0.2) is 18.6 Å². The van der Waals surface area contributed by atoms with Crippen LogP contribution in [0, 0.1) is 10.2 Å². The summed E-state index contributed by atoms with van der Waals surface area (Å²) in [6, 6.07) is 17.1. The van der Waals surface area contributed by atoms with Gasteiger partial charge in [-0.15, -0.1) is 10.2 Å². The van der Waals surface area contributed by atoms with Gasteiger partial charge in [-0.1, -0.05) is 35.6 Å². The molecule has 2 aromatic carbocycles. The highest BCUT2D eigenvalue weighted by molar-refractivity contribution is 7.18. The zero-order valence-electron chi connectivity index (χ0n) is 14.6. The minimum atomic E-state index is -4.94. The SMILES string of the molecule is CN(C)c1ccc(C=Cc2sc3ccccc3[n+]2C)cc1.[O-][Cl+3]([O-])([O-])[O-]. The maximum absolute atomic E-state index is 8.49. The number of halogens is 1. The van der Waals surface area contributed by atoms with Crippen LogP contribution in [0.2, 0.25) is 0 Å². The topological polar surface area (TPSA) is 99.4 Å². The van der Waals surface area contributed by atoms with E-state index in [2.05, 4.69) is 91.3 Å². The zero-order chi connectivity index (χ0) is 19.3. The molecule has 0 amide bonds. The highest BCUT2D eigenvalue weighted by Crippen LogP contribution is 2.21. The molecule has 3 aromatic rings. The largest absolute Gasteiger partial charge is 0.378 e. The summed E-state index contributed by atoms with van der Waals surface area (Å²) in [4.78, 5) is 2.11. The van der Waals surface area contributed by atoms with Crippen LogP contribution in [0.5, 0.6) is 0 Å². The third-order valence-electron chi connectivity index (χ3n) is 3.60. The van der Waals surface area contributed by atoms with Gasteiger partial charge in [-0.2, -0.15) is 4.57 Å². The fraction of sp³-hybridized carbons (Fsp3) is 0.167.